The number of nitrogens with two attached hydrogens (primary N) is 1. The SMILES string of the molecule is COc1cc(C=C(CNC(=O)OCC2c3ccccc3-c3ccccc32)B2OC(C)(C)C(C)(C)O2)cnc1N. The zero-order valence-corrected chi connectivity index (χ0v) is 23.0. The third-order valence-corrected chi connectivity index (χ3v) is 7.81. The second-order valence-corrected chi connectivity index (χ2v) is 10.8. The van der Waals surface area contributed by atoms with Crippen LogP contribution in [0.3, 0.4) is 0 Å². The summed E-state index contributed by atoms with van der Waals surface area (Å²) in [6.07, 6.45) is 2.98. The summed E-state index contributed by atoms with van der Waals surface area (Å²) in [7, 11) is 0.863. The molecule has 1 amide bonds. The first-order valence-corrected chi connectivity index (χ1v) is 13.0. The van der Waals surface area contributed by atoms with E-state index in [0.29, 0.717) is 17.0 Å². The minimum absolute atomic E-state index is 0.0189. The molecule has 1 saturated heterocycles. The van der Waals surface area contributed by atoms with Crippen LogP contribution in [-0.4, -0.2) is 49.7 Å². The van der Waals surface area contributed by atoms with Gasteiger partial charge in [-0.2, -0.15) is 0 Å². The summed E-state index contributed by atoms with van der Waals surface area (Å²) in [6, 6.07) is 18.3. The maximum absolute atomic E-state index is 12.9. The Balaban J connectivity index is 1.31. The van der Waals surface area contributed by atoms with Crippen molar-refractivity contribution in [3.8, 4) is 16.9 Å². The number of hydrogen-bond acceptors (Lipinski definition) is 7. The number of ether oxygens (including phenoxy) is 2. The number of fused-ring (bicyclic) bond motifs is 3. The number of carbonyl (C=O) groups excluding carboxylic acids is 1. The third kappa shape index (κ3) is 5.24. The van der Waals surface area contributed by atoms with Crippen molar-refractivity contribution in [3.63, 3.8) is 0 Å². The Bertz CT molecular complexity index is 1360. The van der Waals surface area contributed by atoms with Gasteiger partial charge < -0.3 is 29.8 Å². The van der Waals surface area contributed by atoms with E-state index in [1.165, 1.54) is 18.2 Å². The molecule has 202 valence electrons. The molecule has 0 saturated carbocycles. The molecule has 39 heavy (non-hydrogen) atoms. The fraction of sp³-hybridized carbons (Fsp3) is 0.333. The van der Waals surface area contributed by atoms with Crippen LogP contribution in [0, 0.1) is 0 Å². The first-order valence-electron chi connectivity index (χ1n) is 13.0. The molecule has 1 aromatic heterocycles. The topological polar surface area (TPSA) is 105 Å². The number of benzene rings is 2. The molecule has 2 aliphatic rings. The Labute approximate surface area is 229 Å². The molecule has 0 radical (unpaired) electrons. The first kappa shape index (κ1) is 26.8. The summed E-state index contributed by atoms with van der Waals surface area (Å²) in [5, 5.41) is 2.88. The highest BCUT2D eigenvalue weighted by Crippen LogP contribution is 2.44. The van der Waals surface area contributed by atoms with Gasteiger partial charge in [-0.15, -0.1) is 0 Å². The molecule has 0 atom stereocenters. The molecule has 9 heteroatoms. The monoisotopic (exact) mass is 527 g/mol. The number of carbonyl (C=O) groups is 1. The first-order chi connectivity index (χ1) is 18.6. The van der Waals surface area contributed by atoms with Crippen molar-refractivity contribution in [2.45, 2.75) is 44.8 Å². The molecular formula is C30H34BN3O5. The van der Waals surface area contributed by atoms with Crippen molar-refractivity contribution in [1.29, 1.82) is 0 Å². The lowest BCUT2D eigenvalue weighted by Crippen LogP contribution is -2.41. The Morgan fingerprint density at radius 2 is 1.64 bits per heavy atom. The van der Waals surface area contributed by atoms with Crippen LogP contribution < -0.4 is 15.8 Å². The molecule has 8 nitrogen and oxygen atoms in total. The Morgan fingerprint density at radius 3 is 2.23 bits per heavy atom. The van der Waals surface area contributed by atoms with E-state index in [1.54, 1.807) is 12.3 Å². The molecule has 1 fully saturated rings. The molecular weight excluding hydrogens is 493 g/mol. The van der Waals surface area contributed by atoms with E-state index in [2.05, 4.69) is 34.6 Å². The van der Waals surface area contributed by atoms with Crippen LogP contribution >= 0.6 is 0 Å². The second kappa shape index (κ2) is 10.4. The number of nitrogens with one attached hydrogen (secondary N) is 1. The van der Waals surface area contributed by atoms with Crippen LogP contribution in [-0.2, 0) is 14.0 Å². The van der Waals surface area contributed by atoms with E-state index < -0.39 is 24.4 Å². The van der Waals surface area contributed by atoms with Crippen LogP contribution in [0.25, 0.3) is 17.2 Å². The van der Waals surface area contributed by atoms with Crippen molar-refractivity contribution in [1.82, 2.24) is 10.3 Å². The molecule has 0 unspecified atom stereocenters. The summed E-state index contributed by atoms with van der Waals surface area (Å²) in [6.45, 7) is 8.32. The quantitative estimate of drug-likeness (QED) is 0.406. The highest BCUT2D eigenvalue weighted by Gasteiger charge is 2.52. The van der Waals surface area contributed by atoms with Gasteiger partial charge in [0.25, 0.3) is 0 Å². The maximum atomic E-state index is 12.9. The minimum Gasteiger partial charge on any atom is -0.493 e. The number of aromatic nitrogens is 1. The van der Waals surface area contributed by atoms with E-state index >= 15 is 0 Å². The van der Waals surface area contributed by atoms with Crippen LogP contribution in [0.15, 0.2) is 66.3 Å². The van der Waals surface area contributed by atoms with Gasteiger partial charge in [0.15, 0.2) is 11.6 Å². The zero-order valence-electron chi connectivity index (χ0n) is 23.0. The van der Waals surface area contributed by atoms with Crippen LogP contribution in [0.5, 0.6) is 5.75 Å². The van der Waals surface area contributed by atoms with E-state index in [1.807, 2.05) is 58.0 Å². The summed E-state index contributed by atoms with van der Waals surface area (Å²) >= 11 is 0. The highest BCUT2D eigenvalue weighted by atomic mass is 16.7. The summed E-state index contributed by atoms with van der Waals surface area (Å²) in [4.78, 5) is 17.1. The molecule has 1 aliphatic heterocycles. The number of methoxy groups -OCH3 is 1. The number of pyridine rings is 1. The normalized spacial score (nSPS) is 17.5. The zero-order chi connectivity index (χ0) is 27.8. The van der Waals surface area contributed by atoms with Gasteiger partial charge in [0.2, 0.25) is 0 Å². The van der Waals surface area contributed by atoms with E-state index in [-0.39, 0.29) is 19.1 Å². The number of nitrogens with zero attached hydrogens (tertiary/aromatic N) is 1. The van der Waals surface area contributed by atoms with Crippen molar-refractivity contribution in [2.75, 3.05) is 26.0 Å². The fourth-order valence-electron chi connectivity index (χ4n) is 4.95. The lowest BCUT2D eigenvalue weighted by molar-refractivity contribution is 0.00578. The molecule has 3 N–H and O–H groups in total. The van der Waals surface area contributed by atoms with Gasteiger partial charge in [0.05, 0.1) is 18.3 Å². The van der Waals surface area contributed by atoms with Crippen molar-refractivity contribution >= 4 is 25.1 Å². The average molecular weight is 527 g/mol. The molecule has 2 aromatic carbocycles. The molecule has 3 aromatic rings. The number of anilines is 1. The molecule has 0 bridgehead atoms. The van der Waals surface area contributed by atoms with E-state index in [9.17, 15) is 4.79 Å². The predicted molar refractivity (Wildman–Crippen MR) is 152 cm³/mol. The van der Waals surface area contributed by atoms with Crippen LogP contribution in [0.1, 0.15) is 50.3 Å². The number of amides is 1. The van der Waals surface area contributed by atoms with Gasteiger partial charge in [-0.1, -0.05) is 54.6 Å². The Kier molecular flexibility index (Phi) is 7.14. The number of nitrogen functional groups attached to an aromatic ring is 1. The maximum Gasteiger partial charge on any atom is 0.492 e. The van der Waals surface area contributed by atoms with Crippen LogP contribution in [0.2, 0.25) is 0 Å². The van der Waals surface area contributed by atoms with Gasteiger partial charge in [-0.05, 0) is 67.1 Å². The smallest absolute Gasteiger partial charge is 0.492 e. The standard InChI is InChI=1S/C30H34BN3O5/c1-29(2)30(3,4)39-31(38-29)20(14-19-15-26(36-5)27(32)33-16-19)17-34-28(35)37-18-25-23-12-8-6-10-21(23)22-11-7-9-13-24(22)25/h6-16,25H,17-18H2,1-5H3,(H2,32,33)(H,34,35). The van der Waals surface area contributed by atoms with Gasteiger partial charge in [0, 0.05) is 18.7 Å². The number of hydrogen-bond donors (Lipinski definition) is 2. The molecule has 1 aliphatic carbocycles. The summed E-state index contributed by atoms with van der Waals surface area (Å²) in [5.41, 5.74) is 10.9. The lowest BCUT2D eigenvalue weighted by atomic mass is 9.77. The number of rotatable bonds is 7. The lowest BCUT2D eigenvalue weighted by Gasteiger charge is -2.32. The largest absolute Gasteiger partial charge is 0.493 e. The molecule has 2 heterocycles. The van der Waals surface area contributed by atoms with Gasteiger partial charge in [-0.3, -0.25) is 0 Å². The van der Waals surface area contributed by atoms with Crippen molar-refractivity contribution in [3.05, 3.63) is 83.0 Å². The fourth-order valence-corrected chi connectivity index (χ4v) is 4.95. The average Bonchev–Trinajstić information content (AvgIpc) is 3.35. The highest BCUT2D eigenvalue weighted by molar-refractivity contribution is 6.56. The van der Waals surface area contributed by atoms with E-state index in [4.69, 9.17) is 24.5 Å². The Hall–Kier alpha value is -3.82. The van der Waals surface area contributed by atoms with Gasteiger partial charge in [0.1, 0.15) is 6.61 Å². The second-order valence-electron chi connectivity index (χ2n) is 10.8. The van der Waals surface area contributed by atoms with Crippen molar-refractivity contribution in [2.24, 2.45) is 0 Å². The predicted octanol–water partition coefficient (Wildman–Crippen LogP) is 5.23. The molecule has 5 rings (SSSR count). The number of alkyl carbamates (subject to hydrolysis) is 1. The molecule has 0 spiro atoms. The van der Waals surface area contributed by atoms with E-state index in [0.717, 1.165) is 16.7 Å². The summed E-state index contributed by atoms with van der Waals surface area (Å²) in [5.74, 6) is 0.736. The minimum atomic E-state index is -0.674. The van der Waals surface area contributed by atoms with Gasteiger partial charge in [-0.25, -0.2) is 9.78 Å². The van der Waals surface area contributed by atoms with Gasteiger partial charge >= 0.3 is 13.2 Å². The Morgan fingerprint density at radius 1 is 1.05 bits per heavy atom. The third-order valence-electron chi connectivity index (χ3n) is 7.81. The summed E-state index contributed by atoms with van der Waals surface area (Å²) < 4.78 is 23.6. The van der Waals surface area contributed by atoms with Crippen molar-refractivity contribution < 1.29 is 23.6 Å². The van der Waals surface area contributed by atoms with Crippen LogP contribution in [0.4, 0.5) is 10.6 Å².